The molecular formula is C129H75N9O6. The van der Waals surface area contributed by atoms with Gasteiger partial charge in [-0.15, -0.1) is 0 Å². The third-order valence-corrected chi connectivity index (χ3v) is 27.3. The lowest BCUT2D eigenvalue weighted by atomic mass is 10.0. The molecular weight excluding hydrogens is 1770 g/mol. The van der Waals surface area contributed by atoms with Crippen molar-refractivity contribution in [2.24, 2.45) is 0 Å². The van der Waals surface area contributed by atoms with Crippen LogP contribution in [0.3, 0.4) is 0 Å². The van der Waals surface area contributed by atoms with Crippen LogP contribution >= 0.6 is 0 Å². The molecule has 0 aliphatic carbocycles. The summed E-state index contributed by atoms with van der Waals surface area (Å²) in [6.45, 7) is 0. The summed E-state index contributed by atoms with van der Waals surface area (Å²) in [7, 11) is 0. The van der Waals surface area contributed by atoms with E-state index in [4.69, 9.17) is 71.4 Å². The van der Waals surface area contributed by atoms with Gasteiger partial charge in [-0.2, -0.15) is 0 Å². The number of furan rings is 6. The van der Waals surface area contributed by atoms with E-state index in [0.717, 1.165) is 282 Å². The Morgan fingerprint density at radius 2 is 0.382 bits per heavy atom. The molecule has 0 aliphatic heterocycles. The second-order valence-electron chi connectivity index (χ2n) is 35.9. The Kier molecular flexibility index (Phi) is 19.6. The molecule has 12 heterocycles. The molecule has 30 rings (SSSR count). The number of rotatable bonds is 12. The van der Waals surface area contributed by atoms with Crippen LogP contribution in [0, 0.1) is 0 Å². The van der Waals surface area contributed by atoms with Gasteiger partial charge in [-0.25, -0.2) is 44.9 Å². The van der Waals surface area contributed by atoms with Crippen molar-refractivity contribution in [3.05, 3.63) is 455 Å². The van der Waals surface area contributed by atoms with Crippen LogP contribution < -0.4 is 0 Å². The van der Waals surface area contributed by atoms with E-state index in [-0.39, 0.29) is 0 Å². The Hall–Kier alpha value is -19.8. The highest BCUT2D eigenvalue weighted by Crippen LogP contribution is 2.48. The van der Waals surface area contributed by atoms with Crippen LogP contribution in [0.25, 0.3) is 300 Å². The van der Waals surface area contributed by atoms with Crippen LogP contribution in [-0.2, 0) is 0 Å². The van der Waals surface area contributed by atoms with Crippen molar-refractivity contribution in [3.63, 3.8) is 0 Å². The van der Waals surface area contributed by atoms with Gasteiger partial charge in [0.15, 0.2) is 34.2 Å². The zero-order valence-electron chi connectivity index (χ0n) is 76.8. The number of para-hydroxylation sites is 11. The monoisotopic (exact) mass is 1850 g/mol. The molecule has 0 radical (unpaired) electrons. The van der Waals surface area contributed by atoms with Gasteiger partial charge in [0, 0.05) is 142 Å². The average molecular weight is 1850 g/mol. The molecule has 15 nitrogen and oxygen atoms in total. The number of aromatic nitrogens is 9. The molecule has 0 N–H and O–H groups in total. The zero-order chi connectivity index (χ0) is 94.8. The van der Waals surface area contributed by atoms with E-state index in [1.807, 2.05) is 224 Å². The highest BCUT2D eigenvalue weighted by atomic mass is 16.4. The Labute approximate surface area is 820 Å². The van der Waals surface area contributed by atoms with E-state index in [1.54, 1.807) is 0 Å². The van der Waals surface area contributed by atoms with Crippen LogP contribution in [0.2, 0.25) is 0 Å². The predicted molar refractivity (Wildman–Crippen MR) is 581 cm³/mol. The first-order valence-corrected chi connectivity index (χ1v) is 47.8. The lowest BCUT2D eigenvalue weighted by molar-refractivity contribution is 0.668. The van der Waals surface area contributed by atoms with Crippen LogP contribution in [0.4, 0.5) is 0 Å². The minimum atomic E-state index is 0.611. The molecule has 18 aromatic carbocycles. The summed E-state index contributed by atoms with van der Waals surface area (Å²) in [4.78, 5) is 46.0. The molecule has 0 bridgehead atoms. The number of nitrogens with zero attached hydrogens (tertiary/aromatic N) is 9. The van der Waals surface area contributed by atoms with E-state index in [1.165, 1.54) is 0 Å². The van der Waals surface area contributed by atoms with Gasteiger partial charge < -0.3 is 26.5 Å². The smallest absolute Gasteiger partial charge is 0.164 e. The zero-order valence-corrected chi connectivity index (χ0v) is 76.8. The number of pyridine rings is 3. The van der Waals surface area contributed by atoms with E-state index in [0.29, 0.717) is 17.5 Å². The maximum absolute atomic E-state index is 6.46. The predicted octanol–water partition coefficient (Wildman–Crippen LogP) is 34.5. The first kappa shape index (κ1) is 82.5. The molecule has 0 spiro atoms. The Bertz CT molecular complexity index is 9970. The topological polar surface area (TPSA) is 195 Å². The largest absolute Gasteiger partial charge is 0.456 e. The highest BCUT2D eigenvalue weighted by molar-refractivity contribution is 6.24. The van der Waals surface area contributed by atoms with Crippen molar-refractivity contribution in [3.8, 4) is 135 Å². The second kappa shape index (κ2) is 34.1. The lowest BCUT2D eigenvalue weighted by Crippen LogP contribution is -1.96. The summed E-state index contributed by atoms with van der Waals surface area (Å²) >= 11 is 0. The molecule has 0 aliphatic rings. The highest BCUT2D eigenvalue weighted by Gasteiger charge is 2.27. The van der Waals surface area contributed by atoms with Gasteiger partial charge in [-0.3, -0.25) is 0 Å². The van der Waals surface area contributed by atoms with Crippen LogP contribution in [0.15, 0.2) is 481 Å². The molecule has 672 valence electrons. The fraction of sp³-hybridized carbons (Fsp3) is 0. The van der Waals surface area contributed by atoms with E-state index in [9.17, 15) is 0 Å². The van der Waals surface area contributed by atoms with Crippen molar-refractivity contribution < 1.29 is 26.5 Å². The molecule has 0 saturated heterocycles. The summed E-state index contributed by atoms with van der Waals surface area (Å²) in [5, 5.41) is 16.1. The SMILES string of the molecule is c1ccc(-c2cc(-c3ccc(-c4nc5ccccc5c5c4oc4ccccc45)cc3)nc(-c3cccc4c3oc3ccccc34)n2)cc1.c1ccc(-c2cc(-c3cccc4c3oc3ccccc34)nc(-c3ccc(-c4nc5ccccc5c5c4oc4ccccc45)cc3)n2)cc1.c1ccc(-c2cc(-c3cccc4oc5ccccc5c34)nc(-c3ccc(-c4nc5ccccc5c5c4oc4ccccc45)cc3)n2)cc1. The van der Waals surface area contributed by atoms with Crippen molar-refractivity contribution in [1.29, 1.82) is 0 Å². The van der Waals surface area contributed by atoms with Gasteiger partial charge in [0.1, 0.15) is 67.3 Å². The number of hydrogen-bond donors (Lipinski definition) is 0. The van der Waals surface area contributed by atoms with Crippen LogP contribution in [0.5, 0.6) is 0 Å². The average Bonchev–Trinajstić information content (AvgIpc) is 1.56. The van der Waals surface area contributed by atoms with Crippen molar-refractivity contribution >= 4 is 164 Å². The Morgan fingerprint density at radius 1 is 0.132 bits per heavy atom. The summed E-state index contributed by atoms with van der Waals surface area (Å²) < 4.78 is 38.4. The van der Waals surface area contributed by atoms with Gasteiger partial charge in [0.25, 0.3) is 0 Å². The first-order chi connectivity index (χ1) is 71.3. The van der Waals surface area contributed by atoms with Gasteiger partial charge in [0.2, 0.25) is 0 Å². The minimum Gasteiger partial charge on any atom is -0.456 e. The minimum absolute atomic E-state index is 0.611. The Balaban J connectivity index is 0.000000105. The number of fused-ring (bicyclic) bond motifs is 24. The fourth-order valence-electron chi connectivity index (χ4n) is 20.5. The lowest BCUT2D eigenvalue weighted by Gasteiger charge is -2.11. The second-order valence-corrected chi connectivity index (χ2v) is 35.9. The third kappa shape index (κ3) is 14.2. The molecule has 0 fully saturated rings. The third-order valence-electron chi connectivity index (χ3n) is 27.3. The first-order valence-electron chi connectivity index (χ1n) is 47.8. The van der Waals surface area contributed by atoms with Gasteiger partial charge in [-0.05, 0) is 91.0 Å². The Morgan fingerprint density at radius 3 is 0.785 bits per heavy atom. The van der Waals surface area contributed by atoms with Crippen molar-refractivity contribution in [1.82, 2.24) is 44.9 Å². The van der Waals surface area contributed by atoms with Crippen molar-refractivity contribution in [2.45, 2.75) is 0 Å². The number of hydrogen-bond acceptors (Lipinski definition) is 15. The summed E-state index contributed by atoms with van der Waals surface area (Å²) in [6, 6.07) is 154. The van der Waals surface area contributed by atoms with Crippen molar-refractivity contribution in [2.75, 3.05) is 0 Å². The molecule has 0 saturated carbocycles. The molecule has 144 heavy (non-hydrogen) atoms. The molecule has 0 unspecified atom stereocenters. The van der Waals surface area contributed by atoms with Gasteiger partial charge >= 0.3 is 0 Å². The summed E-state index contributed by atoms with van der Waals surface area (Å²) in [5.74, 6) is 1.88. The molecule has 12 aromatic heterocycles. The molecule has 0 atom stereocenters. The maximum atomic E-state index is 6.46. The molecule has 15 heteroatoms. The standard InChI is InChI=1S/3C43H25N3O2/c1-2-11-26(12-3-1)35-25-36(32-17-10-16-30-29-13-5-8-19-37(29)47-41(30)32)46-43(45-35)28-23-21-27(22-24-28)40-42-39(31-14-4-7-18-34(31)44-40)33-15-6-9-20-38(33)48-42;1-2-11-26(12-3-1)35-25-36(46-43(45-35)33-17-10-16-30-29-13-5-8-19-37(29)47-41(30)33)27-21-23-28(24-22-27)40-42-39(31-14-4-7-18-34(31)44-40)32-15-6-9-20-38(32)48-42;1-2-11-26(12-3-1)34-25-35(30-16-10-20-38-39(30)31-14-5-8-18-36(31)47-38)46-43(45-34)28-23-21-27(22-24-28)41-42-40(29-13-4-7-17-33(29)44-41)32-15-6-9-19-37(32)48-42/h3*1-25H. The quantitative estimate of drug-likeness (QED) is 0.112. The van der Waals surface area contributed by atoms with E-state index >= 15 is 0 Å². The molecule has 0 amide bonds. The number of benzene rings is 18. The summed E-state index contributed by atoms with van der Waals surface area (Å²) in [6.07, 6.45) is 0. The summed E-state index contributed by atoms with van der Waals surface area (Å²) in [5.41, 5.74) is 31.6. The van der Waals surface area contributed by atoms with Gasteiger partial charge in [0.05, 0.1) is 56.3 Å². The van der Waals surface area contributed by atoms with E-state index < -0.39 is 0 Å². The maximum Gasteiger partial charge on any atom is 0.164 e. The van der Waals surface area contributed by atoms with Crippen LogP contribution in [-0.4, -0.2) is 44.9 Å². The van der Waals surface area contributed by atoms with Crippen LogP contribution in [0.1, 0.15) is 0 Å². The van der Waals surface area contributed by atoms with E-state index in [2.05, 4.69) is 231 Å². The fourth-order valence-corrected chi connectivity index (χ4v) is 20.5. The van der Waals surface area contributed by atoms with Gasteiger partial charge in [-0.1, -0.05) is 364 Å². The molecule has 30 aromatic rings. The normalized spacial score (nSPS) is 11.8.